The maximum atomic E-state index is 8.35. The fraction of sp³-hybridized carbons (Fsp3) is 0.538. The van der Waals surface area contributed by atoms with E-state index < -0.39 is 0 Å². The Balaban J connectivity index is 1.71. The summed E-state index contributed by atoms with van der Waals surface area (Å²) in [4.78, 5) is 2.85. The maximum Gasteiger partial charge on any atom is 0.118 e. The van der Waals surface area contributed by atoms with Crippen LogP contribution in [0.3, 0.4) is 0 Å². The Kier molecular flexibility index (Phi) is 2.10. The summed E-state index contributed by atoms with van der Waals surface area (Å²) >= 11 is 0. The minimum Gasteiger partial charge on any atom is -0.497 e. The number of methoxy groups -OCH3 is 1. The molecule has 0 aliphatic heterocycles. The maximum absolute atomic E-state index is 8.35. The van der Waals surface area contributed by atoms with Crippen molar-refractivity contribution in [1.82, 2.24) is 0 Å². The van der Waals surface area contributed by atoms with Gasteiger partial charge in [-0.2, -0.15) is 0 Å². The molecule has 0 heterocycles. The van der Waals surface area contributed by atoms with Gasteiger partial charge in [-0.25, -0.2) is 0 Å². The van der Waals surface area contributed by atoms with Gasteiger partial charge in [0.2, 0.25) is 0 Å². The molecule has 0 amide bonds. The Morgan fingerprint density at radius 3 is 2.47 bits per heavy atom. The highest BCUT2D eigenvalue weighted by molar-refractivity contribution is 5.41. The topological polar surface area (TPSA) is 58.0 Å². The van der Waals surface area contributed by atoms with Crippen LogP contribution >= 0.6 is 0 Å². The number of rotatable bonds is 4. The fourth-order valence-corrected chi connectivity index (χ4v) is 3.60. The van der Waals surface area contributed by atoms with Gasteiger partial charge in [0.15, 0.2) is 0 Å². The molecule has 1 aromatic carbocycles. The molecular weight excluding hydrogens is 214 g/mol. The second-order valence-corrected chi connectivity index (χ2v) is 5.43. The van der Waals surface area contributed by atoms with Crippen molar-refractivity contribution >= 4 is 0 Å². The highest BCUT2D eigenvalue weighted by Gasteiger charge is 2.67. The van der Waals surface area contributed by atoms with Crippen LogP contribution in [0.5, 0.6) is 5.75 Å². The van der Waals surface area contributed by atoms with E-state index in [4.69, 9.17) is 10.3 Å². The highest BCUT2D eigenvalue weighted by Crippen LogP contribution is 2.73. The number of hydrogen-bond acceptors (Lipinski definition) is 2. The lowest BCUT2D eigenvalue weighted by atomic mass is 9.33. The summed E-state index contributed by atoms with van der Waals surface area (Å²) in [6, 6.07) is 8.37. The van der Waals surface area contributed by atoms with Crippen molar-refractivity contribution in [3.63, 3.8) is 0 Å². The zero-order valence-corrected chi connectivity index (χ0v) is 9.89. The summed E-state index contributed by atoms with van der Waals surface area (Å²) in [5.41, 5.74) is 10.5. The van der Waals surface area contributed by atoms with Gasteiger partial charge in [0, 0.05) is 11.5 Å². The van der Waals surface area contributed by atoms with Crippen LogP contribution in [0.25, 0.3) is 10.4 Å². The van der Waals surface area contributed by atoms with Crippen LogP contribution in [0.15, 0.2) is 29.4 Å². The van der Waals surface area contributed by atoms with Crippen LogP contribution in [0.2, 0.25) is 0 Å². The fourth-order valence-electron chi connectivity index (χ4n) is 3.60. The monoisotopic (exact) mass is 229 g/mol. The van der Waals surface area contributed by atoms with E-state index in [0.717, 1.165) is 5.75 Å². The molecule has 0 unspecified atom stereocenters. The highest BCUT2D eigenvalue weighted by atomic mass is 16.5. The van der Waals surface area contributed by atoms with Crippen molar-refractivity contribution in [3.05, 3.63) is 40.3 Å². The molecule has 3 saturated carbocycles. The Morgan fingerprint density at radius 1 is 1.29 bits per heavy atom. The Hall–Kier alpha value is -1.67. The summed E-state index contributed by atoms with van der Waals surface area (Å²) in [5, 5.41) is 3.72. The van der Waals surface area contributed by atoms with Crippen molar-refractivity contribution in [2.45, 2.75) is 24.7 Å². The predicted molar refractivity (Wildman–Crippen MR) is 65.0 cm³/mol. The zero-order chi connectivity index (χ0) is 11.9. The van der Waals surface area contributed by atoms with Crippen LogP contribution in [0, 0.1) is 5.41 Å². The molecule has 4 nitrogen and oxygen atoms in total. The van der Waals surface area contributed by atoms with Gasteiger partial charge in [0.05, 0.1) is 7.11 Å². The van der Waals surface area contributed by atoms with Crippen molar-refractivity contribution < 1.29 is 4.74 Å². The molecular formula is C13H15N3O. The summed E-state index contributed by atoms with van der Waals surface area (Å²) in [6.45, 7) is 0.668. The minimum atomic E-state index is 0.326. The van der Waals surface area contributed by atoms with Gasteiger partial charge in [-0.05, 0) is 53.3 Å². The second kappa shape index (κ2) is 3.41. The largest absolute Gasteiger partial charge is 0.497 e. The zero-order valence-electron chi connectivity index (χ0n) is 9.89. The first-order chi connectivity index (χ1) is 8.22. The molecule has 0 N–H and O–H groups in total. The van der Waals surface area contributed by atoms with E-state index in [1.165, 1.54) is 24.8 Å². The number of azide groups is 1. The molecule has 0 spiro atoms. The summed E-state index contributed by atoms with van der Waals surface area (Å²) in [5.74, 6) is 0.907. The van der Waals surface area contributed by atoms with E-state index in [9.17, 15) is 0 Å². The standard InChI is InChI=1S/C13H15N3O/c1-17-11-4-2-10(3-5-11)13-6-12(7-13,8-13)9-15-16-14/h2-5H,6-9H2,1H3. The van der Waals surface area contributed by atoms with E-state index in [2.05, 4.69) is 22.2 Å². The molecule has 0 radical (unpaired) electrons. The first-order valence-electron chi connectivity index (χ1n) is 5.87. The predicted octanol–water partition coefficient (Wildman–Crippen LogP) is 3.43. The molecule has 1 aromatic rings. The van der Waals surface area contributed by atoms with Gasteiger partial charge in [0.1, 0.15) is 5.75 Å². The quantitative estimate of drug-likeness (QED) is 0.443. The molecule has 4 heteroatoms. The average molecular weight is 229 g/mol. The Labute approximate surface area is 100 Å². The summed E-state index contributed by atoms with van der Waals surface area (Å²) < 4.78 is 5.16. The Bertz CT molecular complexity index is 468. The van der Waals surface area contributed by atoms with Crippen LogP contribution in [-0.4, -0.2) is 13.7 Å². The first-order valence-corrected chi connectivity index (χ1v) is 5.87. The van der Waals surface area contributed by atoms with E-state index in [1.807, 2.05) is 12.1 Å². The minimum absolute atomic E-state index is 0.326. The molecule has 2 bridgehead atoms. The van der Waals surface area contributed by atoms with Gasteiger partial charge in [-0.1, -0.05) is 17.2 Å². The summed E-state index contributed by atoms with van der Waals surface area (Å²) in [7, 11) is 1.69. The van der Waals surface area contributed by atoms with E-state index in [1.54, 1.807) is 7.11 Å². The van der Waals surface area contributed by atoms with Gasteiger partial charge < -0.3 is 4.74 Å². The Morgan fingerprint density at radius 2 is 1.94 bits per heavy atom. The molecule has 0 aromatic heterocycles. The molecule has 3 aliphatic rings. The third-order valence-corrected chi connectivity index (χ3v) is 4.31. The smallest absolute Gasteiger partial charge is 0.118 e. The third-order valence-electron chi connectivity index (χ3n) is 4.31. The lowest BCUT2D eigenvalue weighted by Crippen LogP contribution is -2.65. The van der Waals surface area contributed by atoms with E-state index >= 15 is 0 Å². The lowest BCUT2D eigenvalue weighted by Gasteiger charge is -2.71. The molecule has 88 valence electrons. The van der Waals surface area contributed by atoms with Crippen LogP contribution in [0.4, 0.5) is 0 Å². The van der Waals surface area contributed by atoms with Crippen molar-refractivity contribution in [1.29, 1.82) is 0 Å². The first kappa shape index (κ1) is 10.5. The normalized spacial score (nSPS) is 33.0. The third kappa shape index (κ3) is 1.41. The van der Waals surface area contributed by atoms with Gasteiger partial charge in [-0.3, -0.25) is 0 Å². The van der Waals surface area contributed by atoms with E-state index in [-0.39, 0.29) is 0 Å². The molecule has 0 saturated heterocycles. The second-order valence-electron chi connectivity index (χ2n) is 5.43. The van der Waals surface area contributed by atoms with Gasteiger partial charge in [-0.15, -0.1) is 0 Å². The number of ether oxygens (including phenoxy) is 1. The number of benzene rings is 1. The van der Waals surface area contributed by atoms with Gasteiger partial charge in [0.25, 0.3) is 0 Å². The van der Waals surface area contributed by atoms with Crippen molar-refractivity contribution in [2.24, 2.45) is 10.5 Å². The van der Waals surface area contributed by atoms with Crippen LogP contribution < -0.4 is 4.74 Å². The molecule has 3 aliphatic carbocycles. The van der Waals surface area contributed by atoms with E-state index in [0.29, 0.717) is 17.4 Å². The lowest BCUT2D eigenvalue weighted by molar-refractivity contribution is -0.132. The average Bonchev–Trinajstić information content (AvgIpc) is 2.26. The number of nitrogens with zero attached hydrogens (tertiary/aromatic N) is 3. The molecule has 4 rings (SSSR count). The molecule has 0 atom stereocenters. The summed E-state index contributed by atoms with van der Waals surface area (Å²) in [6.07, 6.45) is 3.52. The number of hydrogen-bond donors (Lipinski definition) is 0. The van der Waals surface area contributed by atoms with Crippen molar-refractivity contribution in [2.75, 3.05) is 13.7 Å². The van der Waals surface area contributed by atoms with Crippen LogP contribution in [-0.2, 0) is 5.41 Å². The molecule has 17 heavy (non-hydrogen) atoms. The van der Waals surface area contributed by atoms with Crippen LogP contribution in [0.1, 0.15) is 24.8 Å². The van der Waals surface area contributed by atoms with Gasteiger partial charge >= 0.3 is 0 Å². The SMILES string of the molecule is COc1ccc(C23CC(CN=[N+]=[N-])(C2)C3)cc1. The van der Waals surface area contributed by atoms with Crippen molar-refractivity contribution in [3.8, 4) is 5.75 Å². The molecule has 3 fully saturated rings.